The number of para-hydroxylation sites is 2. The molecule has 5 nitrogen and oxygen atoms in total. The van der Waals surface area contributed by atoms with Crippen LogP contribution in [0.1, 0.15) is 15.9 Å². The Morgan fingerprint density at radius 1 is 0.833 bits per heavy atom. The first kappa shape index (κ1) is 19.5. The zero-order valence-corrected chi connectivity index (χ0v) is 16.5. The largest absolute Gasteiger partial charge is 0.485 e. The molecule has 0 saturated carbocycles. The topological polar surface area (TPSA) is 60.3 Å². The van der Waals surface area contributed by atoms with Gasteiger partial charge in [-0.25, -0.2) is 0 Å². The molecule has 4 rings (SSSR count). The van der Waals surface area contributed by atoms with E-state index >= 15 is 0 Å². The van der Waals surface area contributed by atoms with E-state index in [1.54, 1.807) is 6.20 Å². The summed E-state index contributed by atoms with van der Waals surface area (Å²) in [7, 11) is 0. The smallest absolute Gasteiger partial charge is 0.240 e. The van der Waals surface area contributed by atoms with Crippen LogP contribution in [0, 0.1) is 0 Å². The van der Waals surface area contributed by atoms with Crippen LogP contribution in [0.5, 0.6) is 5.75 Å². The van der Waals surface area contributed by atoms with Crippen molar-refractivity contribution in [2.45, 2.75) is 13.1 Å². The predicted octanol–water partition coefficient (Wildman–Crippen LogP) is 4.22. The van der Waals surface area contributed by atoms with Gasteiger partial charge in [-0.1, -0.05) is 66.7 Å². The van der Waals surface area contributed by atoms with Crippen molar-refractivity contribution >= 4 is 22.6 Å². The summed E-state index contributed by atoms with van der Waals surface area (Å²) in [5.74, 6) is 0.410. The lowest BCUT2D eigenvalue weighted by molar-refractivity contribution is -0.121. The molecule has 0 aliphatic rings. The highest BCUT2D eigenvalue weighted by Crippen LogP contribution is 2.22. The molecule has 0 radical (unpaired) electrons. The van der Waals surface area contributed by atoms with Crippen molar-refractivity contribution in [1.29, 1.82) is 0 Å². The van der Waals surface area contributed by atoms with Gasteiger partial charge >= 0.3 is 0 Å². The summed E-state index contributed by atoms with van der Waals surface area (Å²) in [6.45, 7) is 0.550. The first-order valence-electron chi connectivity index (χ1n) is 9.80. The summed E-state index contributed by atoms with van der Waals surface area (Å²) >= 11 is 0. The fourth-order valence-corrected chi connectivity index (χ4v) is 3.35. The molecule has 1 aromatic heterocycles. The van der Waals surface area contributed by atoms with E-state index in [1.807, 2.05) is 89.5 Å². The average Bonchev–Trinajstić information content (AvgIpc) is 3.16. The summed E-state index contributed by atoms with van der Waals surface area (Å²) in [4.78, 5) is 25.3. The van der Waals surface area contributed by atoms with Crippen LogP contribution in [0.4, 0.5) is 0 Å². The van der Waals surface area contributed by atoms with E-state index in [1.165, 1.54) is 0 Å². The zero-order valence-electron chi connectivity index (χ0n) is 16.5. The Bertz CT molecular complexity index is 1150. The van der Waals surface area contributed by atoms with E-state index in [9.17, 15) is 9.59 Å². The van der Waals surface area contributed by atoms with Crippen LogP contribution in [0.3, 0.4) is 0 Å². The van der Waals surface area contributed by atoms with Gasteiger partial charge in [-0.15, -0.1) is 0 Å². The maximum absolute atomic E-state index is 12.8. The van der Waals surface area contributed by atoms with Gasteiger partial charge in [0, 0.05) is 29.2 Å². The molecule has 5 heteroatoms. The van der Waals surface area contributed by atoms with Crippen molar-refractivity contribution in [3.8, 4) is 5.75 Å². The van der Waals surface area contributed by atoms with Crippen LogP contribution in [0.25, 0.3) is 10.9 Å². The Morgan fingerprint density at radius 2 is 1.50 bits per heavy atom. The maximum Gasteiger partial charge on any atom is 0.240 e. The number of carbonyl (C=O) groups is 2. The number of ether oxygens (including phenoxy) is 1. The first-order chi connectivity index (χ1) is 14.7. The molecule has 0 atom stereocenters. The number of rotatable bonds is 8. The molecule has 0 aliphatic carbocycles. The zero-order chi connectivity index (χ0) is 20.8. The van der Waals surface area contributed by atoms with Gasteiger partial charge in [-0.05, 0) is 23.8 Å². The Kier molecular flexibility index (Phi) is 5.90. The molecule has 1 N–H and O–H groups in total. The predicted molar refractivity (Wildman–Crippen MR) is 116 cm³/mol. The van der Waals surface area contributed by atoms with Crippen molar-refractivity contribution in [2.75, 3.05) is 6.61 Å². The maximum atomic E-state index is 12.8. The standard InChI is InChI=1S/C25H22N2O3/c28-24(18-30-20-11-5-2-6-12-20)22-16-27(23-14-8-7-13-21(22)23)17-25(29)26-15-19-9-3-1-4-10-19/h1-14,16H,15,17-18H2,(H,26,29). The van der Waals surface area contributed by atoms with Gasteiger partial charge in [0.15, 0.2) is 6.61 Å². The molecule has 3 aromatic carbocycles. The van der Waals surface area contributed by atoms with Crippen molar-refractivity contribution < 1.29 is 14.3 Å². The van der Waals surface area contributed by atoms with E-state index in [0.29, 0.717) is 17.9 Å². The van der Waals surface area contributed by atoms with Gasteiger partial charge in [-0.2, -0.15) is 0 Å². The third kappa shape index (κ3) is 4.58. The summed E-state index contributed by atoms with van der Waals surface area (Å²) in [6.07, 6.45) is 1.74. The van der Waals surface area contributed by atoms with Crippen molar-refractivity contribution in [3.05, 3.63) is 102 Å². The highest BCUT2D eigenvalue weighted by atomic mass is 16.5. The second-order valence-electron chi connectivity index (χ2n) is 6.98. The molecule has 0 unspecified atom stereocenters. The van der Waals surface area contributed by atoms with E-state index in [2.05, 4.69) is 5.32 Å². The van der Waals surface area contributed by atoms with E-state index < -0.39 is 0 Å². The van der Waals surface area contributed by atoms with Crippen LogP contribution >= 0.6 is 0 Å². The summed E-state index contributed by atoms with van der Waals surface area (Å²) < 4.78 is 7.42. The number of Topliss-reactive ketones (excluding diaryl/α,β-unsaturated/α-hetero) is 1. The normalized spacial score (nSPS) is 10.7. The lowest BCUT2D eigenvalue weighted by Gasteiger charge is -2.07. The molecule has 4 aromatic rings. The number of ketones is 1. The molecular weight excluding hydrogens is 376 g/mol. The molecule has 30 heavy (non-hydrogen) atoms. The third-order valence-electron chi connectivity index (χ3n) is 4.85. The Balaban J connectivity index is 1.47. The fourth-order valence-electron chi connectivity index (χ4n) is 3.35. The SMILES string of the molecule is O=C(Cn1cc(C(=O)COc2ccccc2)c2ccccc21)NCc1ccccc1. The number of amides is 1. The van der Waals surface area contributed by atoms with Crippen molar-refractivity contribution in [1.82, 2.24) is 9.88 Å². The highest BCUT2D eigenvalue weighted by Gasteiger charge is 2.17. The van der Waals surface area contributed by atoms with E-state index in [0.717, 1.165) is 16.5 Å². The van der Waals surface area contributed by atoms with E-state index in [-0.39, 0.29) is 24.8 Å². The number of nitrogens with zero attached hydrogens (tertiary/aromatic N) is 1. The minimum absolute atomic E-state index is 0.0573. The highest BCUT2D eigenvalue weighted by molar-refractivity contribution is 6.09. The molecule has 150 valence electrons. The average molecular weight is 398 g/mol. The minimum atomic E-state index is -0.126. The van der Waals surface area contributed by atoms with Gasteiger partial charge in [0.05, 0.1) is 0 Å². The number of fused-ring (bicyclic) bond motifs is 1. The number of aromatic nitrogens is 1. The van der Waals surface area contributed by atoms with Crippen molar-refractivity contribution in [2.24, 2.45) is 0 Å². The van der Waals surface area contributed by atoms with Gasteiger partial charge in [0.25, 0.3) is 0 Å². The number of hydrogen-bond acceptors (Lipinski definition) is 3. The molecule has 0 saturated heterocycles. The molecule has 1 heterocycles. The second-order valence-corrected chi connectivity index (χ2v) is 6.98. The second kappa shape index (κ2) is 9.09. The van der Waals surface area contributed by atoms with Gasteiger partial charge < -0.3 is 14.6 Å². The van der Waals surface area contributed by atoms with E-state index in [4.69, 9.17) is 4.74 Å². The molecular formula is C25H22N2O3. The monoisotopic (exact) mass is 398 g/mol. The van der Waals surface area contributed by atoms with Crippen LogP contribution in [0.2, 0.25) is 0 Å². The lowest BCUT2D eigenvalue weighted by atomic mass is 10.1. The van der Waals surface area contributed by atoms with Gasteiger partial charge in [0.2, 0.25) is 11.7 Å². The molecule has 0 bridgehead atoms. The summed E-state index contributed by atoms with van der Waals surface area (Å²) in [5, 5.41) is 3.74. The minimum Gasteiger partial charge on any atom is -0.485 e. The van der Waals surface area contributed by atoms with Crippen molar-refractivity contribution in [3.63, 3.8) is 0 Å². The number of carbonyl (C=O) groups excluding carboxylic acids is 2. The number of nitrogens with one attached hydrogen (secondary N) is 1. The lowest BCUT2D eigenvalue weighted by Crippen LogP contribution is -2.26. The van der Waals surface area contributed by atoms with Gasteiger partial charge in [0.1, 0.15) is 12.3 Å². The quantitative estimate of drug-likeness (QED) is 0.452. The van der Waals surface area contributed by atoms with Crippen LogP contribution in [0.15, 0.2) is 91.1 Å². The van der Waals surface area contributed by atoms with Crippen LogP contribution in [-0.4, -0.2) is 22.9 Å². The molecule has 1 amide bonds. The molecule has 0 aliphatic heterocycles. The van der Waals surface area contributed by atoms with Crippen LogP contribution < -0.4 is 10.1 Å². The number of benzene rings is 3. The third-order valence-corrected chi connectivity index (χ3v) is 4.85. The Hall–Kier alpha value is -3.86. The fraction of sp³-hybridized carbons (Fsp3) is 0.120. The Labute approximate surface area is 174 Å². The van der Waals surface area contributed by atoms with Crippen LogP contribution in [-0.2, 0) is 17.9 Å². The number of hydrogen-bond donors (Lipinski definition) is 1. The first-order valence-corrected chi connectivity index (χ1v) is 9.80. The molecule has 0 spiro atoms. The summed E-state index contributed by atoms with van der Waals surface area (Å²) in [5.41, 5.74) is 2.44. The summed E-state index contributed by atoms with van der Waals surface area (Å²) in [6, 6.07) is 26.6. The Morgan fingerprint density at radius 3 is 2.27 bits per heavy atom. The molecule has 0 fully saturated rings. The van der Waals surface area contributed by atoms with Gasteiger partial charge in [-0.3, -0.25) is 9.59 Å².